The number of amides is 1. The zero-order chi connectivity index (χ0) is 17.6. The summed E-state index contributed by atoms with van der Waals surface area (Å²) in [7, 11) is 0. The number of carbonyl (C=O) groups is 1. The summed E-state index contributed by atoms with van der Waals surface area (Å²) < 4.78 is 5.78. The molecular weight excluding hydrogens is 312 g/mol. The second-order valence-electron chi connectivity index (χ2n) is 6.82. The van der Waals surface area contributed by atoms with E-state index in [1.54, 1.807) is 0 Å². The first-order valence-electron chi connectivity index (χ1n) is 8.95. The summed E-state index contributed by atoms with van der Waals surface area (Å²) in [4.78, 5) is 14.7. The number of hydrogen-bond donors (Lipinski definition) is 1. The number of ether oxygens (including phenoxy) is 1. The second-order valence-corrected chi connectivity index (χ2v) is 6.82. The molecule has 25 heavy (non-hydrogen) atoms. The maximum Gasteiger partial charge on any atom is 0.254 e. The molecule has 4 nitrogen and oxygen atoms in total. The van der Waals surface area contributed by atoms with Crippen LogP contribution in [-0.4, -0.2) is 29.9 Å². The molecule has 0 aromatic heterocycles. The molecule has 1 aliphatic heterocycles. The summed E-state index contributed by atoms with van der Waals surface area (Å²) in [6, 6.07) is 17.6. The Hall–Kier alpha value is -2.33. The normalized spacial score (nSPS) is 20.3. The van der Waals surface area contributed by atoms with Crippen LogP contribution in [0.5, 0.6) is 5.75 Å². The average Bonchev–Trinajstić information content (AvgIpc) is 2.67. The fourth-order valence-electron chi connectivity index (χ4n) is 3.34. The number of benzene rings is 2. The van der Waals surface area contributed by atoms with E-state index in [2.05, 4.69) is 6.92 Å². The lowest BCUT2D eigenvalue weighted by Gasteiger charge is -2.38. The van der Waals surface area contributed by atoms with Crippen molar-refractivity contribution in [2.75, 3.05) is 13.1 Å². The molecule has 2 N–H and O–H groups in total. The minimum atomic E-state index is 0.0666. The zero-order valence-electron chi connectivity index (χ0n) is 14.7. The fourth-order valence-corrected chi connectivity index (χ4v) is 3.34. The second kappa shape index (κ2) is 8.17. The molecule has 2 unspecified atom stereocenters. The van der Waals surface area contributed by atoms with Gasteiger partial charge < -0.3 is 15.4 Å². The minimum absolute atomic E-state index is 0.0666. The molecule has 2 aromatic carbocycles. The van der Waals surface area contributed by atoms with Gasteiger partial charge in [-0.25, -0.2) is 0 Å². The average molecular weight is 338 g/mol. The van der Waals surface area contributed by atoms with E-state index in [1.807, 2.05) is 59.5 Å². The van der Waals surface area contributed by atoms with E-state index in [-0.39, 0.29) is 11.9 Å². The first kappa shape index (κ1) is 17.5. The molecule has 1 fully saturated rings. The van der Waals surface area contributed by atoms with Crippen LogP contribution in [-0.2, 0) is 6.61 Å². The van der Waals surface area contributed by atoms with Crippen LogP contribution in [0.15, 0.2) is 54.6 Å². The lowest BCUT2D eigenvalue weighted by Crippen LogP contribution is -2.49. The molecule has 2 atom stereocenters. The van der Waals surface area contributed by atoms with Crippen molar-refractivity contribution in [2.24, 2.45) is 11.7 Å². The molecule has 0 spiro atoms. The first-order valence-corrected chi connectivity index (χ1v) is 8.95. The van der Waals surface area contributed by atoms with Crippen molar-refractivity contribution in [1.29, 1.82) is 0 Å². The maximum atomic E-state index is 12.8. The van der Waals surface area contributed by atoms with Crippen molar-refractivity contribution in [3.63, 3.8) is 0 Å². The molecule has 0 bridgehead atoms. The molecule has 132 valence electrons. The molecule has 3 rings (SSSR count). The van der Waals surface area contributed by atoms with Crippen molar-refractivity contribution in [2.45, 2.75) is 32.4 Å². The Balaban J connectivity index is 1.62. The van der Waals surface area contributed by atoms with Crippen molar-refractivity contribution in [1.82, 2.24) is 4.90 Å². The van der Waals surface area contributed by atoms with Crippen LogP contribution in [0.3, 0.4) is 0 Å². The molecule has 0 saturated carbocycles. The number of rotatable bonds is 5. The smallest absolute Gasteiger partial charge is 0.254 e. The van der Waals surface area contributed by atoms with E-state index in [4.69, 9.17) is 10.5 Å². The van der Waals surface area contributed by atoms with Crippen LogP contribution < -0.4 is 10.5 Å². The lowest BCUT2D eigenvalue weighted by atomic mass is 9.92. The van der Waals surface area contributed by atoms with E-state index < -0.39 is 0 Å². The molecule has 1 heterocycles. The molecule has 1 aliphatic rings. The third-order valence-corrected chi connectivity index (χ3v) is 4.86. The monoisotopic (exact) mass is 338 g/mol. The number of piperidine rings is 1. The lowest BCUT2D eigenvalue weighted by molar-refractivity contribution is 0.0573. The Morgan fingerprint density at radius 1 is 1.16 bits per heavy atom. The molecular formula is C21H26N2O2. The molecule has 1 amide bonds. The Kier molecular flexibility index (Phi) is 5.71. The zero-order valence-corrected chi connectivity index (χ0v) is 14.7. The van der Waals surface area contributed by atoms with Gasteiger partial charge in [0.15, 0.2) is 0 Å². The van der Waals surface area contributed by atoms with Gasteiger partial charge in [-0.15, -0.1) is 0 Å². The maximum absolute atomic E-state index is 12.8. The van der Waals surface area contributed by atoms with Gasteiger partial charge in [0.1, 0.15) is 12.4 Å². The predicted molar refractivity (Wildman–Crippen MR) is 99.5 cm³/mol. The highest BCUT2D eigenvalue weighted by Gasteiger charge is 2.29. The van der Waals surface area contributed by atoms with Gasteiger partial charge in [-0.3, -0.25) is 4.79 Å². The highest BCUT2D eigenvalue weighted by atomic mass is 16.5. The van der Waals surface area contributed by atoms with Crippen molar-refractivity contribution in [3.05, 3.63) is 65.7 Å². The number of hydrogen-bond acceptors (Lipinski definition) is 3. The Morgan fingerprint density at radius 2 is 1.88 bits per heavy atom. The van der Waals surface area contributed by atoms with Crippen LogP contribution in [0.1, 0.15) is 35.7 Å². The van der Waals surface area contributed by atoms with E-state index in [0.29, 0.717) is 24.6 Å². The summed E-state index contributed by atoms with van der Waals surface area (Å²) in [5.41, 5.74) is 7.69. The highest BCUT2D eigenvalue weighted by Crippen LogP contribution is 2.24. The summed E-state index contributed by atoms with van der Waals surface area (Å²) in [6.07, 6.45) is 2.03. The molecule has 2 aromatic rings. The SMILES string of the molecule is CC1CCN(C(=O)c2ccc(OCc3ccccc3)cc2)C(CN)C1. The Labute approximate surface area is 149 Å². The van der Waals surface area contributed by atoms with E-state index in [0.717, 1.165) is 30.7 Å². The predicted octanol–water partition coefficient (Wildman–Crippen LogP) is 3.47. The van der Waals surface area contributed by atoms with Gasteiger partial charge in [-0.05, 0) is 48.6 Å². The van der Waals surface area contributed by atoms with Crippen LogP contribution in [0.4, 0.5) is 0 Å². The first-order chi connectivity index (χ1) is 12.2. The third kappa shape index (κ3) is 4.40. The minimum Gasteiger partial charge on any atom is -0.489 e. The summed E-state index contributed by atoms with van der Waals surface area (Å²) in [5.74, 6) is 1.46. The van der Waals surface area contributed by atoms with Gasteiger partial charge in [0.05, 0.1) is 0 Å². The van der Waals surface area contributed by atoms with Crippen molar-refractivity contribution >= 4 is 5.91 Å². The summed E-state index contributed by atoms with van der Waals surface area (Å²) in [5, 5.41) is 0. The van der Waals surface area contributed by atoms with Gasteiger partial charge in [-0.1, -0.05) is 37.3 Å². The van der Waals surface area contributed by atoms with Crippen molar-refractivity contribution in [3.8, 4) is 5.75 Å². The van der Waals surface area contributed by atoms with E-state index >= 15 is 0 Å². The number of nitrogens with two attached hydrogens (primary N) is 1. The molecule has 0 aliphatic carbocycles. The number of nitrogens with zero attached hydrogens (tertiary/aromatic N) is 1. The Morgan fingerprint density at radius 3 is 2.56 bits per heavy atom. The summed E-state index contributed by atoms with van der Waals surface area (Å²) in [6.45, 7) is 4.05. The van der Waals surface area contributed by atoms with Crippen LogP contribution in [0.2, 0.25) is 0 Å². The molecule has 1 saturated heterocycles. The number of likely N-dealkylation sites (tertiary alicyclic amines) is 1. The van der Waals surface area contributed by atoms with Gasteiger partial charge in [-0.2, -0.15) is 0 Å². The van der Waals surface area contributed by atoms with Gasteiger partial charge in [0.2, 0.25) is 0 Å². The highest BCUT2D eigenvalue weighted by molar-refractivity contribution is 5.94. The summed E-state index contributed by atoms with van der Waals surface area (Å²) >= 11 is 0. The number of carbonyl (C=O) groups excluding carboxylic acids is 1. The van der Waals surface area contributed by atoms with Gasteiger partial charge in [0.25, 0.3) is 5.91 Å². The van der Waals surface area contributed by atoms with Gasteiger partial charge >= 0.3 is 0 Å². The quantitative estimate of drug-likeness (QED) is 0.908. The van der Waals surface area contributed by atoms with Crippen LogP contribution in [0.25, 0.3) is 0 Å². The molecule has 4 heteroatoms. The van der Waals surface area contributed by atoms with Gasteiger partial charge in [0, 0.05) is 24.7 Å². The third-order valence-electron chi connectivity index (χ3n) is 4.86. The fraction of sp³-hybridized carbons (Fsp3) is 0.381. The van der Waals surface area contributed by atoms with E-state index in [9.17, 15) is 4.79 Å². The van der Waals surface area contributed by atoms with Crippen molar-refractivity contribution < 1.29 is 9.53 Å². The van der Waals surface area contributed by atoms with Crippen LogP contribution in [0, 0.1) is 5.92 Å². The standard InChI is InChI=1S/C21H26N2O2/c1-16-11-12-23(19(13-16)14-22)21(24)18-7-9-20(10-8-18)25-15-17-5-3-2-4-6-17/h2-10,16,19H,11-15,22H2,1H3. The van der Waals surface area contributed by atoms with E-state index in [1.165, 1.54) is 0 Å². The Bertz CT molecular complexity index is 685. The van der Waals surface area contributed by atoms with Crippen LogP contribution >= 0.6 is 0 Å². The largest absolute Gasteiger partial charge is 0.489 e. The molecule has 0 radical (unpaired) electrons. The topological polar surface area (TPSA) is 55.6 Å².